The first-order valence-electron chi connectivity index (χ1n) is 17.0. The quantitative estimate of drug-likeness (QED) is 0.184. The zero-order valence-corrected chi connectivity index (χ0v) is 29.0. The summed E-state index contributed by atoms with van der Waals surface area (Å²) in [6.07, 6.45) is 9.13. The maximum Gasteiger partial charge on any atom is 0.304 e. The summed E-state index contributed by atoms with van der Waals surface area (Å²) in [5, 5.41) is 22.3. The van der Waals surface area contributed by atoms with Gasteiger partial charge in [-0.2, -0.15) is 0 Å². The van der Waals surface area contributed by atoms with Gasteiger partial charge in [0.15, 0.2) is 11.8 Å². The highest BCUT2D eigenvalue weighted by Gasteiger charge is 2.53. The monoisotopic (exact) mass is 669 g/mol. The number of aliphatic hydroxyl groups is 2. The predicted octanol–water partition coefficient (Wildman–Crippen LogP) is 5.07. The molecule has 1 fully saturated rings. The number of carbonyl (C=O) groups excluding carboxylic acids is 4. The van der Waals surface area contributed by atoms with Gasteiger partial charge in [0.25, 0.3) is 5.91 Å². The number of β-lactam (4-membered cyclic amide) rings is 1. The van der Waals surface area contributed by atoms with E-state index in [1.165, 1.54) is 17.4 Å². The molecule has 1 unspecified atom stereocenters. The number of fused-ring (bicyclic) bond motifs is 2. The van der Waals surface area contributed by atoms with Gasteiger partial charge in [0, 0.05) is 43.6 Å². The summed E-state index contributed by atoms with van der Waals surface area (Å²) >= 11 is 0. The molecule has 0 saturated carbocycles. The highest BCUT2D eigenvalue weighted by molar-refractivity contribution is 6.09. The van der Waals surface area contributed by atoms with E-state index in [1.54, 1.807) is 47.1 Å². The normalized spacial score (nSPS) is 22.5. The molecule has 0 bridgehead atoms. The molecule has 0 aliphatic carbocycles. The minimum Gasteiger partial charge on any atom is -0.441 e. The summed E-state index contributed by atoms with van der Waals surface area (Å²) in [5.74, 6) is -2.16. The van der Waals surface area contributed by atoms with Gasteiger partial charge < -0.3 is 24.7 Å². The first-order chi connectivity index (χ1) is 23.3. The Bertz CT molecular complexity index is 1710. The van der Waals surface area contributed by atoms with Gasteiger partial charge in [-0.1, -0.05) is 66.6 Å². The Morgan fingerprint density at radius 1 is 1.04 bits per heavy atom. The van der Waals surface area contributed by atoms with Gasteiger partial charge in [0.2, 0.25) is 11.8 Å². The van der Waals surface area contributed by atoms with Crippen LogP contribution in [0.1, 0.15) is 77.0 Å². The van der Waals surface area contributed by atoms with Crippen LogP contribution in [-0.4, -0.2) is 64.2 Å². The Balaban J connectivity index is 1.40. The van der Waals surface area contributed by atoms with E-state index in [1.807, 2.05) is 37.3 Å². The molecule has 3 amide bonds. The van der Waals surface area contributed by atoms with Gasteiger partial charge in [-0.15, -0.1) is 0 Å². The molecule has 2 aromatic carbocycles. The molecular formula is C39H47N3O7. The zero-order valence-electron chi connectivity index (χ0n) is 29.0. The highest BCUT2D eigenvalue weighted by Crippen LogP contribution is 2.47. The molecule has 3 aliphatic heterocycles. The van der Waals surface area contributed by atoms with Crippen LogP contribution in [0.4, 0.5) is 11.4 Å². The topological polar surface area (TPSA) is 128 Å². The molecule has 0 aromatic heterocycles. The summed E-state index contributed by atoms with van der Waals surface area (Å²) in [6.45, 7) is 9.64. The third-order valence-corrected chi connectivity index (χ3v) is 9.72. The van der Waals surface area contributed by atoms with Crippen molar-refractivity contribution in [1.82, 2.24) is 4.90 Å². The number of hydrogen-bond acceptors (Lipinski definition) is 7. The molecule has 5 rings (SSSR count). The number of anilines is 2. The zero-order chi connectivity index (χ0) is 35.5. The maximum absolute atomic E-state index is 14.2. The molecule has 10 heteroatoms. The number of aliphatic hydroxyl groups excluding tert-OH is 1. The molecule has 2 aromatic rings. The summed E-state index contributed by atoms with van der Waals surface area (Å²) in [5.41, 5.74) is 3.81. The lowest BCUT2D eigenvalue weighted by Gasteiger charge is -2.39. The van der Waals surface area contributed by atoms with Gasteiger partial charge in [0.1, 0.15) is 0 Å². The second kappa shape index (κ2) is 14.9. The van der Waals surface area contributed by atoms with E-state index in [9.17, 15) is 29.4 Å². The van der Waals surface area contributed by atoms with Crippen LogP contribution in [-0.2, 0) is 42.5 Å². The van der Waals surface area contributed by atoms with E-state index in [4.69, 9.17) is 4.74 Å². The van der Waals surface area contributed by atoms with Crippen LogP contribution in [0, 0.1) is 5.92 Å². The molecule has 4 atom stereocenters. The molecule has 0 radical (unpaired) electrons. The number of amides is 3. The Labute approximate surface area is 288 Å². The van der Waals surface area contributed by atoms with Gasteiger partial charge in [-0.3, -0.25) is 24.1 Å². The van der Waals surface area contributed by atoms with Crippen molar-refractivity contribution >= 4 is 35.1 Å². The van der Waals surface area contributed by atoms with Crippen LogP contribution >= 0.6 is 0 Å². The number of ether oxygens (including phenoxy) is 1. The Hall–Kier alpha value is -4.54. The molecule has 0 spiro atoms. The van der Waals surface area contributed by atoms with Crippen molar-refractivity contribution in [1.29, 1.82) is 0 Å². The van der Waals surface area contributed by atoms with E-state index in [0.29, 0.717) is 29.9 Å². The van der Waals surface area contributed by atoms with Crippen LogP contribution < -0.4 is 9.80 Å². The number of carbonyl (C=O) groups is 4. The van der Waals surface area contributed by atoms with Crippen LogP contribution in [0.5, 0.6) is 0 Å². The summed E-state index contributed by atoms with van der Waals surface area (Å²) in [6, 6.07) is 12.6. The average molecular weight is 670 g/mol. The fourth-order valence-electron chi connectivity index (χ4n) is 6.86. The molecule has 2 N–H and O–H groups in total. The molecule has 3 aliphatic rings. The SMILES string of the molecule is CC(=O)OC1CC(=O)N1c1ccc2c(c1)[C@](O)([C@@H](C)/C=C/CC(=O)N1Cc3ccccc3C[C@H]1CO)C(=O)N2C/C=C(\C)CCC=C(C)C. The van der Waals surface area contributed by atoms with Crippen LogP contribution in [0.2, 0.25) is 0 Å². The first-order valence-corrected chi connectivity index (χ1v) is 17.0. The van der Waals surface area contributed by atoms with E-state index in [-0.39, 0.29) is 43.8 Å². The fraction of sp³-hybridized carbons (Fsp3) is 0.436. The second-order valence-corrected chi connectivity index (χ2v) is 13.5. The van der Waals surface area contributed by atoms with Crippen LogP contribution in [0.3, 0.4) is 0 Å². The van der Waals surface area contributed by atoms with E-state index in [0.717, 1.165) is 29.5 Å². The number of hydrogen-bond donors (Lipinski definition) is 2. The molecule has 10 nitrogen and oxygen atoms in total. The first kappa shape index (κ1) is 35.8. The molecular weight excluding hydrogens is 622 g/mol. The maximum atomic E-state index is 14.2. The van der Waals surface area contributed by atoms with Gasteiger partial charge in [0.05, 0.1) is 24.8 Å². The number of allylic oxidation sites excluding steroid dienone is 3. The molecule has 260 valence electrons. The Kier molecular flexibility index (Phi) is 10.9. The van der Waals surface area contributed by atoms with Crippen LogP contribution in [0.25, 0.3) is 0 Å². The molecule has 49 heavy (non-hydrogen) atoms. The van der Waals surface area contributed by atoms with E-state index >= 15 is 0 Å². The minimum absolute atomic E-state index is 0.0316. The van der Waals surface area contributed by atoms with Gasteiger partial charge >= 0.3 is 5.97 Å². The van der Waals surface area contributed by atoms with E-state index < -0.39 is 29.6 Å². The number of nitrogens with zero attached hydrogens (tertiary/aromatic N) is 3. The number of benzene rings is 2. The van der Waals surface area contributed by atoms with Crippen molar-refractivity contribution in [2.24, 2.45) is 5.92 Å². The van der Waals surface area contributed by atoms with Crippen molar-refractivity contribution in [2.45, 2.75) is 91.1 Å². The Morgan fingerprint density at radius 2 is 1.78 bits per heavy atom. The van der Waals surface area contributed by atoms with Crippen molar-refractivity contribution in [3.63, 3.8) is 0 Å². The minimum atomic E-state index is -1.99. The predicted molar refractivity (Wildman–Crippen MR) is 187 cm³/mol. The van der Waals surface area contributed by atoms with Gasteiger partial charge in [-0.05, 0) is 69.4 Å². The third-order valence-electron chi connectivity index (χ3n) is 9.72. The summed E-state index contributed by atoms with van der Waals surface area (Å²) in [4.78, 5) is 56.4. The smallest absolute Gasteiger partial charge is 0.304 e. The largest absolute Gasteiger partial charge is 0.441 e. The van der Waals surface area contributed by atoms with E-state index in [2.05, 4.69) is 19.9 Å². The highest BCUT2D eigenvalue weighted by atomic mass is 16.6. The van der Waals surface area contributed by atoms with Gasteiger partial charge in [-0.25, -0.2) is 0 Å². The average Bonchev–Trinajstić information content (AvgIpc) is 3.27. The molecule has 1 saturated heterocycles. The van der Waals surface area contributed by atoms with Crippen molar-refractivity contribution in [2.75, 3.05) is 23.0 Å². The third kappa shape index (κ3) is 7.40. The summed E-state index contributed by atoms with van der Waals surface area (Å²) < 4.78 is 5.31. The standard InChI is InChI=1S/C39H47N3O7/c1-25(2)10-8-11-26(3)18-19-40-34-17-16-31(42-36(46)22-37(42)49-28(5)44)21-33(34)39(48,38(40)47)27(4)12-9-15-35(45)41-23-30-14-7-6-13-29(30)20-32(41)24-43/h6-7,9-10,12-14,16-18,21,27,32,37,43,48H,8,11,15,19-20,22-24H2,1-5H3/b12-9+,26-18+/t27-,32-,37?,39+/m0/s1. The number of rotatable bonds is 12. The Morgan fingerprint density at radius 3 is 2.45 bits per heavy atom. The second-order valence-electron chi connectivity index (χ2n) is 13.5. The summed E-state index contributed by atoms with van der Waals surface area (Å²) in [7, 11) is 0. The van der Waals surface area contributed by atoms with Crippen molar-refractivity contribution in [3.8, 4) is 0 Å². The number of esters is 1. The fourth-order valence-corrected chi connectivity index (χ4v) is 6.86. The lowest BCUT2D eigenvalue weighted by Crippen LogP contribution is -2.55. The van der Waals surface area contributed by atoms with Crippen LogP contribution in [0.15, 0.2) is 77.9 Å². The van der Waals surface area contributed by atoms with Crippen molar-refractivity contribution in [3.05, 3.63) is 94.6 Å². The molecule has 3 heterocycles. The lowest BCUT2D eigenvalue weighted by molar-refractivity contribution is -0.154. The lowest BCUT2D eigenvalue weighted by atomic mass is 9.82. The van der Waals surface area contributed by atoms with Crippen molar-refractivity contribution < 1.29 is 34.1 Å².